The third kappa shape index (κ3) is 7.46. The van der Waals surface area contributed by atoms with Crippen molar-refractivity contribution in [2.45, 2.75) is 16.8 Å². The molecule has 2 amide bonds. The largest absolute Gasteiger partial charge is 0.573 e. The molecule has 2 aromatic heterocycles. The van der Waals surface area contributed by atoms with Crippen molar-refractivity contribution in [3.63, 3.8) is 0 Å². The van der Waals surface area contributed by atoms with Crippen LogP contribution < -0.4 is 15.4 Å². The summed E-state index contributed by atoms with van der Waals surface area (Å²) in [7, 11) is 1.40. The van der Waals surface area contributed by atoms with Gasteiger partial charge in [-0.25, -0.2) is 4.98 Å². The molecule has 2 N–H and O–H groups in total. The van der Waals surface area contributed by atoms with E-state index < -0.39 is 23.4 Å². The topological polar surface area (TPSA) is 102 Å². The van der Waals surface area contributed by atoms with Crippen molar-refractivity contribution in [2.75, 3.05) is 19.0 Å². The number of carbonyl (C=O) groups excluding carboxylic acids is 2. The molecule has 0 aliphatic rings. The van der Waals surface area contributed by atoms with E-state index in [9.17, 15) is 22.8 Å². The first-order chi connectivity index (χ1) is 16.2. The van der Waals surface area contributed by atoms with Gasteiger partial charge in [0.25, 0.3) is 5.91 Å². The minimum atomic E-state index is -4.81. The molecule has 0 saturated carbocycles. The number of hydrogen-bond donors (Lipinski definition) is 2. The molecular weight excluding hydrogens is 473 g/mol. The molecule has 0 aliphatic heterocycles. The monoisotopic (exact) mass is 492 g/mol. The lowest BCUT2D eigenvalue weighted by molar-refractivity contribution is -0.274. The van der Waals surface area contributed by atoms with E-state index in [-0.39, 0.29) is 23.8 Å². The van der Waals surface area contributed by atoms with Crippen LogP contribution in [0, 0.1) is 0 Å². The molecule has 1 aromatic carbocycles. The van der Waals surface area contributed by atoms with E-state index in [1.165, 1.54) is 25.4 Å². The van der Waals surface area contributed by atoms with E-state index in [0.29, 0.717) is 5.03 Å². The molecule has 0 radical (unpaired) electrons. The highest BCUT2D eigenvalue weighted by Crippen LogP contribution is 2.34. The fraction of sp³-hybridized carbons (Fsp3) is 0.182. The van der Waals surface area contributed by atoms with Gasteiger partial charge in [-0.1, -0.05) is 11.8 Å². The molecule has 12 heteroatoms. The number of nitrogens with zero attached hydrogens (tertiary/aromatic N) is 2. The smallest absolute Gasteiger partial charge is 0.406 e. The molecule has 0 saturated heterocycles. The number of halogens is 3. The fourth-order valence-electron chi connectivity index (χ4n) is 2.75. The zero-order valence-electron chi connectivity index (χ0n) is 17.7. The number of carbonyl (C=O) groups is 2. The summed E-state index contributed by atoms with van der Waals surface area (Å²) in [5.41, 5.74) is 1.20. The maximum Gasteiger partial charge on any atom is 0.573 e. The second-order valence-corrected chi connectivity index (χ2v) is 7.76. The number of rotatable bonds is 9. The molecule has 178 valence electrons. The second kappa shape index (κ2) is 11.5. The Morgan fingerprint density at radius 2 is 1.76 bits per heavy atom. The predicted octanol–water partition coefficient (Wildman–Crippen LogP) is 4.18. The van der Waals surface area contributed by atoms with Crippen LogP contribution in [-0.4, -0.2) is 41.9 Å². The Labute approximate surface area is 196 Å². The molecular formula is C22H19F3N4O4S. The van der Waals surface area contributed by atoms with Crippen molar-refractivity contribution >= 4 is 29.3 Å². The Balaban J connectivity index is 1.78. The van der Waals surface area contributed by atoms with Crippen LogP contribution in [0.1, 0.15) is 21.3 Å². The van der Waals surface area contributed by atoms with Crippen molar-refractivity contribution in [2.24, 2.45) is 0 Å². The number of hydrogen-bond acceptors (Lipinski definition) is 7. The normalized spacial score (nSPS) is 12.0. The van der Waals surface area contributed by atoms with Crippen molar-refractivity contribution in [3.8, 4) is 5.75 Å². The summed E-state index contributed by atoms with van der Waals surface area (Å²) in [4.78, 5) is 33.3. The molecule has 3 rings (SSSR count). The lowest BCUT2D eigenvalue weighted by atomic mass is 10.2. The van der Waals surface area contributed by atoms with Crippen LogP contribution >= 0.6 is 11.8 Å². The molecule has 34 heavy (non-hydrogen) atoms. The van der Waals surface area contributed by atoms with Crippen LogP contribution in [-0.2, 0) is 9.53 Å². The number of nitrogens with one attached hydrogen (secondary N) is 2. The first kappa shape index (κ1) is 25.0. The molecule has 2 heterocycles. The quantitative estimate of drug-likeness (QED) is 0.341. The van der Waals surface area contributed by atoms with Crippen LogP contribution in [0.4, 0.5) is 18.9 Å². The van der Waals surface area contributed by atoms with Crippen LogP contribution in [0.3, 0.4) is 0 Å². The van der Waals surface area contributed by atoms with E-state index in [2.05, 4.69) is 25.3 Å². The first-order valence-corrected chi connectivity index (χ1v) is 10.6. The van der Waals surface area contributed by atoms with Gasteiger partial charge in [0.15, 0.2) is 0 Å². The molecule has 0 bridgehead atoms. The van der Waals surface area contributed by atoms with Crippen LogP contribution in [0.5, 0.6) is 5.75 Å². The van der Waals surface area contributed by atoms with Gasteiger partial charge in [-0.15, -0.1) is 13.2 Å². The molecule has 0 aliphatic carbocycles. The highest BCUT2D eigenvalue weighted by molar-refractivity contribution is 7.99. The van der Waals surface area contributed by atoms with E-state index in [4.69, 9.17) is 4.74 Å². The molecule has 1 atom stereocenters. The summed E-state index contributed by atoms with van der Waals surface area (Å²) in [6, 6.07) is 11.3. The van der Waals surface area contributed by atoms with Gasteiger partial charge in [0.05, 0.1) is 5.56 Å². The fourth-order valence-corrected chi connectivity index (χ4v) is 3.86. The first-order valence-electron chi connectivity index (χ1n) is 9.72. The standard InChI is InChI=1S/C22H19F3N4O4S/c1-32-13-18(30)29-20(14-8-11-26-12-9-14)34-21-17(3-2-10-27-21)19(31)28-15-4-6-16(7-5-15)33-22(23,24)25/h2-12,20H,13H2,1H3,(H,28,31)(H,29,30). The molecule has 3 aromatic rings. The molecule has 0 spiro atoms. The van der Waals surface area contributed by atoms with Gasteiger partial charge in [-0.05, 0) is 54.1 Å². The summed E-state index contributed by atoms with van der Waals surface area (Å²) >= 11 is 1.14. The third-order valence-electron chi connectivity index (χ3n) is 4.17. The number of pyridine rings is 2. The van der Waals surface area contributed by atoms with Crippen LogP contribution in [0.25, 0.3) is 0 Å². The number of amides is 2. The summed E-state index contributed by atoms with van der Waals surface area (Å²) in [5.74, 6) is -1.30. The summed E-state index contributed by atoms with van der Waals surface area (Å²) < 4.78 is 45.7. The van der Waals surface area contributed by atoms with E-state index in [0.717, 1.165) is 29.5 Å². The Kier molecular flexibility index (Phi) is 8.44. The number of alkyl halides is 3. The average molecular weight is 492 g/mol. The van der Waals surface area contributed by atoms with Crippen LogP contribution in [0.2, 0.25) is 0 Å². The zero-order chi connectivity index (χ0) is 24.6. The number of thioether (sulfide) groups is 1. The minimum Gasteiger partial charge on any atom is -0.406 e. The summed E-state index contributed by atoms with van der Waals surface area (Å²) in [6.07, 6.45) is -0.160. The summed E-state index contributed by atoms with van der Waals surface area (Å²) in [6.45, 7) is -0.147. The van der Waals surface area contributed by atoms with Crippen molar-refractivity contribution < 1.29 is 32.2 Å². The minimum absolute atomic E-state index is 0.147. The van der Waals surface area contributed by atoms with Gasteiger partial charge < -0.3 is 20.1 Å². The number of benzene rings is 1. The van der Waals surface area contributed by atoms with Gasteiger partial charge >= 0.3 is 6.36 Å². The highest BCUT2D eigenvalue weighted by atomic mass is 32.2. The number of methoxy groups -OCH3 is 1. The number of anilines is 1. The maximum absolute atomic E-state index is 12.9. The van der Waals surface area contributed by atoms with Gasteiger partial charge in [0, 0.05) is 31.4 Å². The number of aromatic nitrogens is 2. The Bertz CT molecular complexity index is 1120. The third-order valence-corrected chi connectivity index (χ3v) is 5.34. The van der Waals surface area contributed by atoms with Crippen LogP contribution in [0.15, 0.2) is 72.1 Å². The lowest BCUT2D eigenvalue weighted by Crippen LogP contribution is -2.30. The Morgan fingerprint density at radius 1 is 1.06 bits per heavy atom. The van der Waals surface area contributed by atoms with Crippen molar-refractivity contribution in [1.29, 1.82) is 0 Å². The van der Waals surface area contributed by atoms with Gasteiger partial charge in [-0.3, -0.25) is 14.6 Å². The SMILES string of the molecule is COCC(=O)NC(Sc1ncccc1C(=O)Nc1ccc(OC(F)(F)F)cc1)c1ccncc1. The summed E-state index contributed by atoms with van der Waals surface area (Å²) in [5, 5.41) is 5.17. The highest BCUT2D eigenvalue weighted by Gasteiger charge is 2.31. The average Bonchev–Trinajstić information content (AvgIpc) is 2.80. The van der Waals surface area contributed by atoms with Gasteiger partial charge in [0.1, 0.15) is 22.8 Å². The van der Waals surface area contributed by atoms with Gasteiger partial charge in [-0.2, -0.15) is 0 Å². The zero-order valence-corrected chi connectivity index (χ0v) is 18.5. The molecule has 8 nitrogen and oxygen atoms in total. The van der Waals surface area contributed by atoms with Crippen molar-refractivity contribution in [3.05, 3.63) is 78.2 Å². The van der Waals surface area contributed by atoms with Crippen molar-refractivity contribution in [1.82, 2.24) is 15.3 Å². The van der Waals surface area contributed by atoms with E-state index >= 15 is 0 Å². The lowest BCUT2D eigenvalue weighted by Gasteiger charge is -2.19. The second-order valence-electron chi connectivity index (χ2n) is 6.66. The Morgan fingerprint density at radius 3 is 2.41 bits per heavy atom. The van der Waals surface area contributed by atoms with E-state index in [1.54, 1.807) is 36.7 Å². The van der Waals surface area contributed by atoms with Gasteiger partial charge in [0.2, 0.25) is 5.91 Å². The Hall–Kier alpha value is -3.64. The van der Waals surface area contributed by atoms with E-state index in [1.807, 2.05) is 0 Å². The predicted molar refractivity (Wildman–Crippen MR) is 118 cm³/mol. The molecule has 1 unspecified atom stereocenters. The molecule has 0 fully saturated rings. The maximum atomic E-state index is 12.9. The number of ether oxygens (including phenoxy) is 2.